The van der Waals surface area contributed by atoms with Gasteiger partial charge in [0.1, 0.15) is 12.6 Å². The topological polar surface area (TPSA) is 79.5 Å². The molecule has 1 aromatic heterocycles. The van der Waals surface area contributed by atoms with Crippen molar-refractivity contribution in [2.75, 3.05) is 13.1 Å². The Labute approximate surface area is 234 Å². The molecule has 2 amide bonds. The summed E-state index contributed by atoms with van der Waals surface area (Å²) in [6.45, 7) is 0.806. The van der Waals surface area contributed by atoms with Gasteiger partial charge in [0.25, 0.3) is 5.91 Å². The third-order valence-corrected chi connectivity index (χ3v) is 7.53. The average molecular weight is 594 g/mol. The monoisotopic (exact) mass is 592 g/mol. The molecule has 1 atom stereocenters. The third kappa shape index (κ3) is 5.97. The van der Waals surface area contributed by atoms with Gasteiger partial charge < -0.3 is 14.3 Å². The number of halogens is 2. The fraction of sp³-hybridized carbons (Fsp3) is 0.241. The van der Waals surface area contributed by atoms with E-state index in [4.69, 9.17) is 16.1 Å². The quantitative estimate of drug-likeness (QED) is 0.243. The van der Waals surface area contributed by atoms with Crippen LogP contribution in [-0.4, -0.2) is 44.8 Å². The lowest BCUT2D eigenvalue weighted by Gasteiger charge is -2.35. The number of piperidine rings is 1. The van der Waals surface area contributed by atoms with Crippen molar-refractivity contribution in [3.8, 4) is 11.4 Å². The predicted molar refractivity (Wildman–Crippen MR) is 148 cm³/mol. The second kappa shape index (κ2) is 11.9. The third-order valence-electron chi connectivity index (χ3n) is 6.59. The van der Waals surface area contributed by atoms with Gasteiger partial charge in [0.2, 0.25) is 17.6 Å². The molecule has 0 saturated carbocycles. The minimum absolute atomic E-state index is 0.0657. The van der Waals surface area contributed by atoms with Gasteiger partial charge in [-0.05, 0) is 77.2 Å². The molecule has 38 heavy (non-hydrogen) atoms. The van der Waals surface area contributed by atoms with Gasteiger partial charge in [-0.15, -0.1) is 0 Å². The number of rotatable bonds is 7. The minimum atomic E-state index is -0.345. The van der Waals surface area contributed by atoms with Crippen LogP contribution in [0.5, 0.6) is 0 Å². The Bertz CT molecular complexity index is 1410. The Morgan fingerprint density at radius 1 is 1.00 bits per heavy atom. The number of aromatic nitrogens is 2. The second-order valence-electron chi connectivity index (χ2n) is 9.19. The van der Waals surface area contributed by atoms with Crippen molar-refractivity contribution in [3.63, 3.8) is 0 Å². The summed E-state index contributed by atoms with van der Waals surface area (Å²) in [5.41, 5.74) is 2.24. The summed E-state index contributed by atoms with van der Waals surface area (Å²) in [5.74, 6) is 0.475. The van der Waals surface area contributed by atoms with Crippen molar-refractivity contribution in [3.05, 3.63) is 105 Å². The Morgan fingerprint density at radius 3 is 2.50 bits per heavy atom. The fourth-order valence-electron chi connectivity index (χ4n) is 4.64. The van der Waals surface area contributed by atoms with Crippen LogP contribution in [0.15, 0.2) is 87.9 Å². The smallest absolute Gasteiger partial charge is 0.255 e. The van der Waals surface area contributed by atoms with E-state index in [-0.39, 0.29) is 24.4 Å². The molecule has 194 valence electrons. The van der Waals surface area contributed by atoms with Gasteiger partial charge in [0, 0.05) is 28.1 Å². The van der Waals surface area contributed by atoms with Gasteiger partial charge in [0.15, 0.2) is 0 Å². The van der Waals surface area contributed by atoms with Crippen LogP contribution < -0.4 is 0 Å². The summed E-state index contributed by atoms with van der Waals surface area (Å²) < 4.78 is 6.31. The number of carbonyl (C=O) groups is 2. The van der Waals surface area contributed by atoms with E-state index in [1.165, 1.54) is 0 Å². The molecule has 0 aliphatic carbocycles. The van der Waals surface area contributed by atoms with Gasteiger partial charge in [-0.3, -0.25) is 9.59 Å². The zero-order chi connectivity index (χ0) is 26.5. The van der Waals surface area contributed by atoms with Crippen molar-refractivity contribution in [1.82, 2.24) is 19.9 Å². The van der Waals surface area contributed by atoms with E-state index in [0.29, 0.717) is 46.3 Å². The Balaban J connectivity index is 1.38. The number of likely N-dealkylation sites (tertiary alicyclic amines) is 1. The summed E-state index contributed by atoms with van der Waals surface area (Å²) in [4.78, 5) is 35.3. The molecule has 3 aromatic carbocycles. The van der Waals surface area contributed by atoms with E-state index in [1.54, 1.807) is 28.0 Å². The Morgan fingerprint density at radius 2 is 1.74 bits per heavy atom. The largest absolute Gasteiger partial charge is 0.337 e. The number of carbonyl (C=O) groups excluding carboxylic acids is 2. The first-order valence-electron chi connectivity index (χ1n) is 12.5. The highest BCUT2D eigenvalue weighted by Crippen LogP contribution is 2.32. The van der Waals surface area contributed by atoms with Gasteiger partial charge in [-0.25, -0.2) is 0 Å². The number of amides is 2. The maximum atomic E-state index is 13.7. The summed E-state index contributed by atoms with van der Waals surface area (Å²) in [6.07, 6.45) is 2.53. The molecule has 1 fully saturated rings. The van der Waals surface area contributed by atoms with Crippen LogP contribution in [0.1, 0.15) is 47.1 Å². The lowest BCUT2D eigenvalue weighted by Crippen LogP contribution is -2.46. The normalized spacial score (nSPS) is 15.3. The van der Waals surface area contributed by atoms with Crippen LogP contribution in [0.25, 0.3) is 11.4 Å². The summed E-state index contributed by atoms with van der Waals surface area (Å²) >= 11 is 9.48. The molecule has 1 unspecified atom stereocenters. The molecule has 0 spiro atoms. The predicted octanol–water partition coefficient (Wildman–Crippen LogP) is 6.55. The van der Waals surface area contributed by atoms with Crippen LogP contribution in [0.2, 0.25) is 5.02 Å². The first kappa shape index (κ1) is 26.1. The van der Waals surface area contributed by atoms with E-state index >= 15 is 0 Å². The summed E-state index contributed by atoms with van der Waals surface area (Å²) in [5, 5.41) is 4.77. The van der Waals surface area contributed by atoms with Crippen LogP contribution >= 0.6 is 27.5 Å². The second-order valence-corrected chi connectivity index (χ2v) is 10.5. The van der Waals surface area contributed by atoms with Gasteiger partial charge >= 0.3 is 0 Å². The Kier molecular flexibility index (Phi) is 8.20. The molecule has 0 N–H and O–H groups in total. The molecule has 9 heteroatoms. The van der Waals surface area contributed by atoms with E-state index in [9.17, 15) is 9.59 Å². The molecule has 0 radical (unpaired) electrons. The summed E-state index contributed by atoms with van der Waals surface area (Å²) in [7, 11) is 0. The fourth-order valence-corrected chi connectivity index (χ4v) is 5.22. The maximum absolute atomic E-state index is 13.7. The van der Waals surface area contributed by atoms with E-state index < -0.39 is 0 Å². The standard InChI is InChI=1S/C29H26BrClN4O3/c30-24-11-5-4-10-23(24)29(37)34(18-20-8-2-1-3-9-20)19-26(36)35-17-7-6-12-25(35)28-32-27(33-38-28)21-13-15-22(31)16-14-21/h1-5,8-11,13-16,25H,6-7,12,17-19H2. The number of hydrogen-bond acceptors (Lipinski definition) is 5. The van der Waals surface area contributed by atoms with Crippen molar-refractivity contribution in [2.45, 2.75) is 31.8 Å². The summed E-state index contributed by atoms with van der Waals surface area (Å²) in [6, 6.07) is 23.8. The molecule has 1 aliphatic rings. The average Bonchev–Trinajstić information content (AvgIpc) is 3.44. The van der Waals surface area contributed by atoms with E-state index in [2.05, 4.69) is 26.1 Å². The maximum Gasteiger partial charge on any atom is 0.255 e. The molecular formula is C29H26BrClN4O3. The van der Waals surface area contributed by atoms with E-state index in [1.807, 2.05) is 60.7 Å². The molecule has 4 aromatic rings. The SMILES string of the molecule is O=C(c1ccccc1Br)N(CC(=O)N1CCCCC1c1nc(-c2ccc(Cl)cc2)no1)Cc1ccccc1. The highest BCUT2D eigenvalue weighted by atomic mass is 79.9. The van der Waals surface area contributed by atoms with Crippen molar-refractivity contribution >= 4 is 39.3 Å². The van der Waals surface area contributed by atoms with Crippen molar-refractivity contribution < 1.29 is 14.1 Å². The number of hydrogen-bond donors (Lipinski definition) is 0. The van der Waals surface area contributed by atoms with Crippen LogP contribution in [-0.2, 0) is 11.3 Å². The van der Waals surface area contributed by atoms with Gasteiger partial charge in [0.05, 0.1) is 5.56 Å². The van der Waals surface area contributed by atoms with Crippen molar-refractivity contribution in [1.29, 1.82) is 0 Å². The zero-order valence-electron chi connectivity index (χ0n) is 20.6. The lowest BCUT2D eigenvalue weighted by molar-refractivity contribution is -0.136. The molecule has 1 saturated heterocycles. The minimum Gasteiger partial charge on any atom is -0.337 e. The van der Waals surface area contributed by atoms with Gasteiger partial charge in [-0.1, -0.05) is 59.2 Å². The molecule has 7 nitrogen and oxygen atoms in total. The molecule has 2 heterocycles. The highest BCUT2D eigenvalue weighted by Gasteiger charge is 2.34. The molecule has 1 aliphatic heterocycles. The number of benzene rings is 3. The number of nitrogens with zero attached hydrogens (tertiary/aromatic N) is 4. The van der Waals surface area contributed by atoms with Crippen LogP contribution in [0.4, 0.5) is 0 Å². The lowest BCUT2D eigenvalue weighted by atomic mass is 10.0. The zero-order valence-corrected chi connectivity index (χ0v) is 22.9. The van der Waals surface area contributed by atoms with Crippen LogP contribution in [0.3, 0.4) is 0 Å². The first-order chi connectivity index (χ1) is 18.5. The first-order valence-corrected chi connectivity index (χ1v) is 13.6. The molecule has 5 rings (SSSR count). The Hall–Kier alpha value is -3.49. The molecular weight excluding hydrogens is 568 g/mol. The molecule has 0 bridgehead atoms. The van der Waals surface area contributed by atoms with Crippen molar-refractivity contribution in [2.24, 2.45) is 0 Å². The van der Waals surface area contributed by atoms with Crippen LogP contribution in [0, 0.1) is 0 Å². The van der Waals surface area contributed by atoms with E-state index in [0.717, 1.165) is 24.0 Å². The highest BCUT2D eigenvalue weighted by molar-refractivity contribution is 9.10. The van der Waals surface area contributed by atoms with Gasteiger partial charge in [-0.2, -0.15) is 4.98 Å².